The third kappa shape index (κ3) is 6.15. The van der Waals surface area contributed by atoms with Gasteiger partial charge in [-0.15, -0.1) is 0 Å². The van der Waals surface area contributed by atoms with Crippen LogP contribution >= 0.6 is 11.6 Å². The number of carbonyl (C=O) groups is 2. The van der Waals surface area contributed by atoms with E-state index in [1.54, 1.807) is 0 Å². The number of ether oxygens (including phenoxy) is 2. The topological polar surface area (TPSA) is 125 Å². The Morgan fingerprint density at radius 1 is 1.14 bits per heavy atom. The fraction of sp³-hybridized carbons (Fsp3) is 0.125. The van der Waals surface area contributed by atoms with E-state index in [2.05, 4.69) is 10.1 Å². The molecule has 0 saturated heterocycles. The van der Waals surface area contributed by atoms with Crippen molar-refractivity contribution >= 4 is 39.2 Å². The van der Waals surface area contributed by atoms with Gasteiger partial charge in [-0.05, 0) is 42.5 Å². The van der Waals surface area contributed by atoms with Crippen LogP contribution < -0.4 is 15.2 Å². The van der Waals surface area contributed by atoms with E-state index in [0.717, 1.165) is 12.1 Å². The van der Waals surface area contributed by atoms with Gasteiger partial charge in [0.1, 0.15) is 10.6 Å². The average molecular weight is 435 g/mol. The van der Waals surface area contributed by atoms with Gasteiger partial charge in [-0.1, -0.05) is 11.6 Å². The number of benzene rings is 2. The van der Waals surface area contributed by atoms with Crippen LogP contribution in [0.5, 0.6) is 5.75 Å². The van der Waals surface area contributed by atoms with Crippen LogP contribution in [0.4, 0.5) is 14.5 Å². The lowest BCUT2D eigenvalue weighted by Crippen LogP contribution is -2.21. The molecule has 2 aromatic carbocycles. The third-order valence-corrected chi connectivity index (χ3v) is 4.56. The van der Waals surface area contributed by atoms with Crippen LogP contribution in [0.2, 0.25) is 5.02 Å². The zero-order chi connectivity index (χ0) is 20.9. The number of alkyl halides is 2. The molecule has 0 aliphatic carbocycles. The lowest BCUT2D eigenvalue weighted by Gasteiger charge is -2.09. The summed E-state index contributed by atoms with van der Waals surface area (Å²) in [4.78, 5) is 23.3. The highest BCUT2D eigenvalue weighted by atomic mass is 35.5. The largest absolute Gasteiger partial charge is 0.452 e. The van der Waals surface area contributed by atoms with Crippen molar-refractivity contribution in [2.45, 2.75) is 11.5 Å². The Morgan fingerprint density at radius 2 is 1.79 bits per heavy atom. The highest BCUT2D eigenvalue weighted by molar-refractivity contribution is 7.89. The van der Waals surface area contributed by atoms with E-state index in [0.29, 0.717) is 0 Å². The van der Waals surface area contributed by atoms with Gasteiger partial charge < -0.3 is 14.8 Å². The minimum Gasteiger partial charge on any atom is -0.452 e. The summed E-state index contributed by atoms with van der Waals surface area (Å²) in [5.41, 5.74) is 0.0837. The smallest absolute Gasteiger partial charge is 0.387 e. The Balaban J connectivity index is 1.95. The van der Waals surface area contributed by atoms with Gasteiger partial charge in [0.25, 0.3) is 5.91 Å². The number of amides is 1. The Kier molecular flexibility index (Phi) is 6.89. The lowest BCUT2D eigenvalue weighted by molar-refractivity contribution is -0.119. The number of nitrogens with two attached hydrogens (primary N) is 1. The highest BCUT2D eigenvalue weighted by Gasteiger charge is 2.18. The fourth-order valence-electron chi connectivity index (χ4n) is 1.98. The summed E-state index contributed by atoms with van der Waals surface area (Å²) < 4.78 is 55.9. The van der Waals surface area contributed by atoms with Crippen LogP contribution in [0.1, 0.15) is 10.4 Å². The van der Waals surface area contributed by atoms with Gasteiger partial charge in [-0.25, -0.2) is 18.4 Å². The lowest BCUT2D eigenvalue weighted by atomic mass is 10.2. The molecule has 0 aromatic heterocycles. The van der Waals surface area contributed by atoms with E-state index in [9.17, 15) is 26.8 Å². The molecule has 2 rings (SSSR count). The number of hydrogen-bond donors (Lipinski definition) is 2. The Bertz CT molecular complexity index is 983. The van der Waals surface area contributed by atoms with Crippen molar-refractivity contribution in [3.63, 3.8) is 0 Å². The van der Waals surface area contributed by atoms with E-state index < -0.39 is 40.0 Å². The summed E-state index contributed by atoms with van der Waals surface area (Å²) in [6.07, 6.45) is 0. The van der Waals surface area contributed by atoms with Crippen LogP contribution in [0, 0.1) is 0 Å². The van der Waals surface area contributed by atoms with E-state index in [4.69, 9.17) is 21.5 Å². The fourth-order valence-corrected chi connectivity index (χ4v) is 3.05. The maximum absolute atomic E-state index is 12.1. The van der Waals surface area contributed by atoms with Gasteiger partial charge in [0, 0.05) is 5.69 Å². The van der Waals surface area contributed by atoms with Gasteiger partial charge in [-0.2, -0.15) is 8.78 Å². The van der Waals surface area contributed by atoms with Crippen molar-refractivity contribution in [1.29, 1.82) is 0 Å². The molecular formula is C16H13ClF2N2O6S. The van der Waals surface area contributed by atoms with Crippen molar-refractivity contribution in [3.8, 4) is 5.75 Å². The Morgan fingerprint density at radius 3 is 2.36 bits per heavy atom. The number of halogens is 3. The number of nitrogens with one attached hydrogen (secondary N) is 1. The summed E-state index contributed by atoms with van der Waals surface area (Å²) in [7, 11) is -4.15. The molecule has 0 aliphatic heterocycles. The predicted molar refractivity (Wildman–Crippen MR) is 94.8 cm³/mol. The van der Waals surface area contributed by atoms with Crippen LogP contribution in [0.15, 0.2) is 47.4 Å². The van der Waals surface area contributed by atoms with Crippen LogP contribution in [0.25, 0.3) is 0 Å². The van der Waals surface area contributed by atoms with E-state index >= 15 is 0 Å². The van der Waals surface area contributed by atoms with Crippen LogP contribution in [-0.2, 0) is 19.6 Å². The molecule has 0 spiro atoms. The van der Waals surface area contributed by atoms with Crippen molar-refractivity contribution in [1.82, 2.24) is 0 Å². The maximum Gasteiger partial charge on any atom is 0.387 e. The molecule has 0 unspecified atom stereocenters. The first-order valence-electron chi connectivity index (χ1n) is 7.40. The molecular weight excluding hydrogens is 422 g/mol. The first kappa shape index (κ1) is 21.5. The van der Waals surface area contributed by atoms with E-state index in [-0.39, 0.29) is 22.0 Å². The quantitative estimate of drug-likeness (QED) is 0.644. The standard InChI is InChI=1S/C16H13ClF2N2O6S/c17-12-6-1-9(7-13(12)28(20,24)25)15(23)26-8-14(22)21-10-2-4-11(5-3-10)27-16(18)19/h1-7,16H,8H2,(H,21,22)(H2,20,24,25). The van der Waals surface area contributed by atoms with Crippen LogP contribution in [-0.4, -0.2) is 33.5 Å². The first-order valence-corrected chi connectivity index (χ1v) is 9.33. The number of anilines is 1. The molecule has 1 amide bonds. The molecule has 28 heavy (non-hydrogen) atoms. The number of hydrogen-bond acceptors (Lipinski definition) is 6. The van der Waals surface area contributed by atoms with E-state index in [1.165, 1.54) is 30.3 Å². The SMILES string of the molecule is NS(=O)(=O)c1cc(C(=O)OCC(=O)Nc2ccc(OC(F)F)cc2)ccc1Cl. The molecule has 0 bridgehead atoms. The highest BCUT2D eigenvalue weighted by Crippen LogP contribution is 2.22. The van der Waals surface area contributed by atoms with Crippen molar-refractivity contribution in [2.75, 3.05) is 11.9 Å². The number of esters is 1. The molecule has 8 nitrogen and oxygen atoms in total. The molecule has 0 radical (unpaired) electrons. The molecule has 0 saturated carbocycles. The number of primary sulfonamides is 1. The Hall–Kier alpha value is -2.76. The summed E-state index contributed by atoms with van der Waals surface area (Å²) in [6, 6.07) is 8.36. The molecule has 0 aliphatic rings. The summed E-state index contributed by atoms with van der Waals surface area (Å²) in [5, 5.41) is 7.20. The number of sulfonamides is 1. The maximum atomic E-state index is 12.1. The predicted octanol–water partition coefficient (Wildman–Crippen LogP) is 2.38. The zero-order valence-corrected chi connectivity index (χ0v) is 15.5. The van der Waals surface area contributed by atoms with Gasteiger partial charge in [0.15, 0.2) is 6.61 Å². The average Bonchev–Trinajstić information content (AvgIpc) is 2.60. The Labute approximate surface area is 163 Å². The van der Waals surface area contributed by atoms with Crippen molar-refractivity contribution < 1.29 is 36.3 Å². The normalized spacial score (nSPS) is 11.2. The summed E-state index contributed by atoms with van der Waals surface area (Å²) in [6.45, 7) is -3.65. The molecule has 2 aromatic rings. The summed E-state index contributed by atoms with van der Waals surface area (Å²) in [5.74, 6) is -1.78. The first-order chi connectivity index (χ1) is 13.1. The second-order valence-corrected chi connectivity index (χ2v) is 7.15. The van der Waals surface area contributed by atoms with Gasteiger partial charge in [-0.3, -0.25) is 4.79 Å². The minimum absolute atomic E-state index is 0.0900. The summed E-state index contributed by atoms with van der Waals surface area (Å²) >= 11 is 5.72. The molecule has 3 N–H and O–H groups in total. The van der Waals surface area contributed by atoms with Gasteiger partial charge in [0.2, 0.25) is 10.0 Å². The second kappa shape index (κ2) is 8.95. The third-order valence-electron chi connectivity index (χ3n) is 3.17. The molecule has 0 fully saturated rings. The molecule has 0 atom stereocenters. The monoisotopic (exact) mass is 434 g/mol. The van der Waals surface area contributed by atoms with E-state index in [1.807, 2.05) is 0 Å². The van der Waals surface area contributed by atoms with Crippen molar-refractivity contribution in [2.24, 2.45) is 5.14 Å². The van der Waals surface area contributed by atoms with Gasteiger partial charge in [0.05, 0.1) is 10.6 Å². The molecule has 0 heterocycles. The molecule has 12 heteroatoms. The van der Waals surface area contributed by atoms with Crippen molar-refractivity contribution in [3.05, 3.63) is 53.1 Å². The molecule has 150 valence electrons. The zero-order valence-electron chi connectivity index (χ0n) is 13.9. The second-order valence-electron chi connectivity index (χ2n) is 5.22. The minimum atomic E-state index is -4.15. The van der Waals surface area contributed by atoms with Crippen LogP contribution in [0.3, 0.4) is 0 Å². The number of carbonyl (C=O) groups excluding carboxylic acids is 2. The van der Waals surface area contributed by atoms with Gasteiger partial charge >= 0.3 is 12.6 Å². The number of rotatable bonds is 7.